The van der Waals surface area contributed by atoms with Gasteiger partial charge in [-0.1, -0.05) is 13.0 Å². The summed E-state index contributed by atoms with van der Waals surface area (Å²) in [4.78, 5) is 0. The van der Waals surface area contributed by atoms with E-state index >= 15 is 0 Å². The summed E-state index contributed by atoms with van der Waals surface area (Å²) in [5, 5.41) is 8.83. The second kappa shape index (κ2) is 6.16. The van der Waals surface area contributed by atoms with Crippen molar-refractivity contribution >= 4 is 10.0 Å². The van der Waals surface area contributed by atoms with Gasteiger partial charge in [0.1, 0.15) is 0 Å². The van der Waals surface area contributed by atoms with E-state index < -0.39 is 10.0 Å². The maximum Gasteiger partial charge on any atom is 0.212 e. The predicted molar refractivity (Wildman–Crippen MR) is 57.4 cm³/mol. The Morgan fingerprint density at radius 1 is 1.50 bits per heavy atom. The van der Waals surface area contributed by atoms with Crippen molar-refractivity contribution < 1.29 is 13.5 Å². The summed E-state index contributed by atoms with van der Waals surface area (Å²) < 4.78 is 25.3. The number of allylic oxidation sites excluding steroid dienone is 1. The third-order valence-electron chi connectivity index (χ3n) is 2.10. The number of aliphatic hydroxyl groups is 1. The molecule has 0 saturated carbocycles. The van der Waals surface area contributed by atoms with Gasteiger partial charge in [-0.05, 0) is 19.3 Å². The highest BCUT2D eigenvalue weighted by Gasteiger charge is 2.17. The van der Waals surface area contributed by atoms with Crippen LogP contribution in [0, 0.1) is 5.92 Å². The van der Waals surface area contributed by atoms with Crippen LogP contribution in [0.5, 0.6) is 0 Å². The molecule has 14 heavy (non-hydrogen) atoms. The van der Waals surface area contributed by atoms with E-state index in [0.717, 1.165) is 0 Å². The van der Waals surface area contributed by atoms with Crippen LogP contribution >= 0.6 is 0 Å². The van der Waals surface area contributed by atoms with Gasteiger partial charge in [0.05, 0.1) is 5.75 Å². The minimum Gasteiger partial charge on any atom is -0.396 e. The zero-order valence-corrected chi connectivity index (χ0v) is 9.55. The fourth-order valence-electron chi connectivity index (χ4n) is 0.855. The van der Waals surface area contributed by atoms with Crippen LogP contribution in [0.15, 0.2) is 12.7 Å². The van der Waals surface area contributed by atoms with E-state index in [4.69, 9.17) is 5.11 Å². The summed E-state index contributed by atoms with van der Waals surface area (Å²) in [6.07, 6.45) is 2.01. The standard InChI is InChI=1S/C9H19NO3S/c1-4-5-6-14(12,13)10-9(3)8(2)7-11/h4,8-11H,1,5-7H2,2-3H3. The average Bonchev–Trinajstić information content (AvgIpc) is 2.12. The molecule has 5 heteroatoms. The lowest BCUT2D eigenvalue weighted by atomic mass is 10.1. The third-order valence-corrected chi connectivity index (χ3v) is 3.60. The van der Waals surface area contributed by atoms with Crippen molar-refractivity contribution in [2.45, 2.75) is 26.3 Å². The van der Waals surface area contributed by atoms with Crippen molar-refractivity contribution in [2.75, 3.05) is 12.4 Å². The number of aliphatic hydroxyl groups excluding tert-OH is 1. The van der Waals surface area contributed by atoms with E-state index in [1.807, 2.05) is 0 Å². The maximum atomic E-state index is 11.4. The van der Waals surface area contributed by atoms with Crippen LogP contribution < -0.4 is 4.72 Å². The summed E-state index contributed by atoms with van der Waals surface area (Å²) in [6, 6.07) is -0.241. The molecular formula is C9H19NO3S. The Hall–Kier alpha value is -0.390. The van der Waals surface area contributed by atoms with Crippen LogP contribution in [-0.4, -0.2) is 31.9 Å². The van der Waals surface area contributed by atoms with Crippen LogP contribution in [0.1, 0.15) is 20.3 Å². The molecule has 84 valence electrons. The van der Waals surface area contributed by atoms with E-state index in [2.05, 4.69) is 11.3 Å². The van der Waals surface area contributed by atoms with E-state index in [-0.39, 0.29) is 24.3 Å². The monoisotopic (exact) mass is 221 g/mol. The Morgan fingerprint density at radius 3 is 2.50 bits per heavy atom. The predicted octanol–water partition coefficient (Wildman–Crippen LogP) is 0.499. The van der Waals surface area contributed by atoms with Crippen LogP contribution in [0.25, 0.3) is 0 Å². The summed E-state index contributed by atoms with van der Waals surface area (Å²) >= 11 is 0. The smallest absolute Gasteiger partial charge is 0.212 e. The fraction of sp³-hybridized carbons (Fsp3) is 0.778. The highest BCUT2D eigenvalue weighted by Crippen LogP contribution is 2.03. The molecule has 0 aliphatic rings. The van der Waals surface area contributed by atoms with E-state index in [1.165, 1.54) is 0 Å². The molecule has 2 N–H and O–H groups in total. The highest BCUT2D eigenvalue weighted by molar-refractivity contribution is 7.89. The van der Waals surface area contributed by atoms with Crippen LogP contribution in [0.4, 0.5) is 0 Å². The first-order chi connectivity index (χ1) is 6.43. The number of sulfonamides is 1. The van der Waals surface area contributed by atoms with Crippen LogP contribution in [0.2, 0.25) is 0 Å². The first kappa shape index (κ1) is 13.6. The van der Waals surface area contributed by atoms with Gasteiger partial charge in [-0.25, -0.2) is 13.1 Å². The van der Waals surface area contributed by atoms with Gasteiger partial charge in [0.25, 0.3) is 0 Å². The van der Waals surface area contributed by atoms with Crippen molar-refractivity contribution in [3.05, 3.63) is 12.7 Å². The van der Waals surface area contributed by atoms with Crippen molar-refractivity contribution in [3.8, 4) is 0 Å². The Morgan fingerprint density at radius 2 is 2.07 bits per heavy atom. The summed E-state index contributed by atoms with van der Waals surface area (Å²) in [7, 11) is -3.23. The molecule has 0 aliphatic heterocycles. The van der Waals surface area contributed by atoms with E-state index in [9.17, 15) is 8.42 Å². The van der Waals surface area contributed by atoms with Gasteiger partial charge in [0.2, 0.25) is 10.0 Å². The lowest BCUT2D eigenvalue weighted by Crippen LogP contribution is -2.39. The molecule has 0 fully saturated rings. The molecule has 0 radical (unpaired) electrons. The van der Waals surface area contributed by atoms with Gasteiger partial charge < -0.3 is 5.11 Å². The van der Waals surface area contributed by atoms with Crippen molar-refractivity contribution in [1.29, 1.82) is 0 Å². The Bertz CT molecular complexity index is 261. The lowest BCUT2D eigenvalue weighted by Gasteiger charge is -2.18. The number of hydrogen-bond acceptors (Lipinski definition) is 3. The first-order valence-electron chi connectivity index (χ1n) is 4.64. The molecule has 0 saturated heterocycles. The van der Waals surface area contributed by atoms with Gasteiger partial charge in [0, 0.05) is 12.6 Å². The molecule has 0 bridgehead atoms. The summed E-state index contributed by atoms with van der Waals surface area (Å²) in [5.74, 6) is -0.0209. The second-order valence-electron chi connectivity index (χ2n) is 3.46. The largest absolute Gasteiger partial charge is 0.396 e. The van der Waals surface area contributed by atoms with Gasteiger partial charge in [-0.15, -0.1) is 6.58 Å². The molecule has 0 amide bonds. The number of hydrogen-bond donors (Lipinski definition) is 2. The first-order valence-corrected chi connectivity index (χ1v) is 6.30. The van der Waals surface area contributed by atoms with Gasteiger partial charge >= 0.3 is 0 Å². The van der Waals surface area contributed by atoms with Gasteiger partial charge in [-0.2, -0.15) is 0 Å². The van der Waals surface area contributed by atoms with Crippen molar-refractivity contribution in [3.63, 3.8) is 0 Å². The quantitative estimate of drug-likeness (QED) is 0.615. The minimum absolute atomic E-state index is 0.0227. The molecule has 0 aromatic heterocycles. The molecule has 0 rings (SSSR count). The van der Waals surface area contributed by atoms with Crippen molar-refractivity contribution in [2.24, 2.45) is 5.92 Å². The minimum atomic E-state index is -3.23. The average molecular weight is 221 g/mol. The number of nitrogens with one attached hydrogen (secondary N) is 1. The Kier molecular flexibility index (Phi) is 5.99. The molecule has 0 aromatic rings. The zero-order chi connectivity index (χ0) is 11.2. The summed E-state index contributed by atoms with van der Waals surface area (Å²) in [6.45, 7) is 6.97. The van der Waals surface area contributed by atoms with E-state index in [0.29, 0.717) is 6.42 Å². The molecule has 2 unspecified atom stereocenters. The number of rotatable bonds is 7. The van der Waals surface area contributed by atoms with E-state index in [1.54, 1.807) is 19.9 Å². The molecule has 0 spiro atoms. The highest BCUT2D eigenvalue weighted by atomic mass is 32.2. The topological polar surface area (TPSA) is 66.4 Å². The maximum absolute atomic E-state index is 11.4. The molecular weight excluding hydrogens is 202 g/mol. The third kappa shape index (κ3) is 5.36. The van der Waals surface area contributed by atoms with Gasteiger partial charge in [-0.3, -0.25) is 0 Å². The van der Waals surface area contributed by atoms with Crippen LogP contribution in [-0.2, 0) is 10.0 Å². The van der Waals surface area contributed by atoms with Crippen LogP contribution in [0.3, 0.4) is 0 Å². The van der Waals surface area contributed by atoms with Gasteiger partial charge in [0.15, 0.2) is 0 Å². The SMILES string of the molecule is C=CCCS(=O)(=O)NC(C)C(C)CO. The normalized spacial score (nSPS) is 16.2. The molecule has 2 atom stereocenters. The molecule has 0 aromatic carbocycles. The zero-order valence-electron chi connectivity index (χ0n) is 8.73. The lowest BCUT2D eigenvalue weighted by molar-refractivity contribution is 0.216. The Labute approximate surface area is 86.1 Å². The summed E-state index contributed by atoms with van der Waals surface area (Å²) in [5.41, 5.74) is 0. The molecule has 0 aliphatic carbocycles. The van der Waals surface area contributed by atoms with Crippen molar-refractivity contribution in [1.82, 2.24) is 4.72 Å². The molecule has 4 nitrogen and oxygen atoms in total. The molecule has 0 heterocycles. The Balaban J connectivity index is 4.14. The fourth-order valence-corrected chi connectivity index (χ4v) is 2.25. The second-order valence-corrected chi connectivity index (χ2v) is 5.34.